The summed E-state index contributed by atoms with van der Waals surface area (Å²) in [6.07, 6.45) is 0.957. The molecule has 0 N–H and O–H groups in total. The molecule has 144 valence electrons. The smallest absolute Gasteiger partial charge is 0.270 e. The van der Waals surface area contributed by atoms with Gasteiger partial charge in [0.05, 0.1) is 15.1 Å². The van der Waals surface area contributed by atoms with Gasteiger partial charge in [0.25, 0.3) is 11.6 Å². The summed E-state index contributed by atoms with van der Waals surface area (Å²) in [5.74, 6) is 0.0576. The number of aromatic nitrogens is 1. The molecule has 0 saturated carbocycles. The maximum Gasteiger partial charge on any atom is 0.270 e. The van der Waals surface area contributed by atoms with Crippen LogP contribution in [0.1, 0.15) is 22.8 Å². The molecule has 0 atom stereocenters. The van der Waals surface area contributed by atoms with Crippen molar-refractivity contribution in [3.63, 3.8) is 0 Å². The number of carbonyl (C=O) groups excluding carboxylic acids is 1. The zero-order valence-electron chi connectivity index (χ0n) is 15.5. The second-order valence-electron chi connectivity index (χ2n) is 6.74. The molecule has 1 aliphatic rings. The van der Waals surface area contributed by atoms with Gasteiger partial charge in [0.1, 0.15) is 0 Å². The Hall–Kier alpha value is -3.00. The first-order chi connectivity index (χ1) is 13.5. The fraction of sp³-hybridized carbons (Fsp3) is 0.300. The highest BCUT2D eigenvalue weighted by molar-refractivity contribution is 7.22. The molecule has 1 aliphatic heterocycles. The summed E-state index contributed by atoms with van der Waals surface area (Å²) < 4.78 is 0.804. The van der Waals surface area contributed by atoms with Crippen LogP contribution >= 0.6 is 11.3 Å². The van der Waals surface area contributed by atoms with Gasteiger partial charge < -0.3 is 9.80 Å². The largest absolute Gasteiger partial charge is 0.345 e. The minimum Gasteiger partial charge on any atom is -0.345 e. The standard InChI is InChI=1S/C20H20N4O3S/c1-2-14-3-5-15(6-4-14)19(25)22-9-11-23(12-10-22)20-21-17-8-7-16(24(26)27)13-18(17)28-20/h3-8,13H,2,9-12H2,1H3. The van der Waals surface area contributed by atoms with Gasteiger partial charge in [0.2, 0.25) is 0 Å². The molecule has 28 heavy (non-hydrogen) atoms. The molecular weight excluding hydrogens is 376 g/mol. The molecule has 0 spiro atoms. The summed E-state index contributed by atoms with van der Waals surface area (Å²) in [6.45, 7) is 4.74. The van der Waals surface area contributed by atoms with Gasteiger partial charge in [-0.15, -0.1) is 0 Å². The Kier molecular flexibility index (Phi) is 4.95. The van der Waals surface area contributed by atoms with E-state index < -0.39 is 4.92 Å². The predicted molar refractivity (Wildman–Crippen MR) is 110 cm³/mol. The molecule has 1 aromatic heterocycles. The molecule has 0 radical (unpaired) electrons. The van der Waals surface area contributed by atoms with Crippen LogP contribution in [0.25, 0.3) is 10.2 Å². The number of hydrogen-bond acceptors (Lipinski definition) is 6. The van der Waals surface area contributed by atoms with Crippen LogP contribution in [0.4, 0.5) is 10.8 Å². The lowest BCUT2D eigenvalue weighted by Crippen LogP contribution is -2.48. The number of fused-ring (bicyclic) bond motifs is 1. The van der Waals surface area contributed by atoms with E-state index >= 15 is 0 Å². The number of hydrogen-bond donors (Lipinski definition) is 0. The van der Waals surface area contributed by atoms with Crippen molar-refractivity contribution >= 4 is 38.3 Å². The highest BCUT2D eigenvalue weighted by Crippen LogP contribution is 2.31. The molecular formula is C20H20N4O3S. The normalized spacial score (nSPS) is 14.5. The third kappa shape index (κ3) is 3.55. The lowest BCUT2D eigenvalue weighted by Gasteiger charge is -2.34. The van der Waals surface area contributed by atoms with Crippen LogP contribution in [0, 0.1) is 10.1 Å². The zero-order chi connectivity index (χ0) is 19.7. The number of nitrogens with zero attached hydrogens (tertiary/aromatic N) is 4. The van der Waals surface area contributed by atoms with Crippen molar-refractivity contribution in [2.24, 2.45) is 0 Å². The number of carbonyl (C=O) groups is 1. The Morgan fingerprint density at radius 1 is 1.14 bits per heavy atom. The first-order valence-corrected chi connectivity index (χ1v) is 10.0. The fourth-order valence-corrected chi connectivity index (χ4v) is 4.37. The van der Waals surface area contributed by atoms with Crippen LogP contribution in [-0.4, -0.2) is 46.9 Å². The van der Waals surface area contributed by atoms with Crippen molar-refractivity contribution in [3.05, 3.63) is 63.7 Å². The van der Waals surface area contributed by atoms with Crippen LogP contribution in [0.15, 0.2) is 42.5 Å². The predicted octanol–water partition coefficient (Wildman–Crippen LogP) is 3.73. The molecule has 0 bridgehead atoms. The van der Waals surface area contributed by atoms with Crippen molar-refractivity contribution in [1.29, 1.82) is 0 Å². The fourth-order valence-electron chi connectivity index (χ4n) is 3.32. The second kappa shape index (κ2) is 7.55. The molecule has 2 aromatic carbocycles. The van der Waals surface area contributed by atoms with Crippen LogP contribution in [0.2, 0.25) is 0 Å². The molecule has 4 rings (SSSR count). The van der Waals surface area contributed by atoms with Crippen molar-refractivity contribution in [1.82, 2.24) is 9.88 Å². The number of aryl methyl sites for hydroxylation is 1. The number of thiazole rings is 1. The summed E-state index contributed by atoms with van der Waals surface area (Å²) >= 11 is 1.45. The molecule has 0 aliphatic carbocycles. The summed E-state index contributed by atoms with van der Waals surface area (Å²) in [7, 11) is 0. The molecule has 8 heteroatoms. The number of amides is 1. The number of piperazine rings is 1. The minimum absolute atomic E-state index is 0.0576. The molecule has 3 aromatic rings. The van der Waals surface area contributed by atoms with Crippen molar-refractivity contribution in [2.75, 3.05) is 31.1 Å². The lowest BCUT2D eigenvalue weighted by atomic mass is 10.1. The number of nitro benzene ring substituents is 1. The second-order valence-corrected chi connectivity index (χ2v) is 7.74. The van der Waals surface area contributed by atoms with Crippen LogP contribution in [0.5, 0.6) is 0 Å². The average molecular weight is 396 g/mol. The Balaban J connectivity index is 1.44. The van der Waals surface area contributed by atoms with Crippen molar-refractivity contribution in [2.45, 2.75) is 13.3 Å². The third-order valence-electron chi connectivity index (χ3n) is 5.02. The molecule has 7 nitrogen and oxygen atoms in total. The Morgan fingerprint density at radius 2 is 1.86 bits per heavy atom. The Labute approximate surface area is 166 Å². The van der Waals surface area contributed by atoms with Gasteiger partial charge in [-0.05, 0) is 30.2 Å². The summed E-state index contributed by atoms with van der Waals surface area (Å²) in [4.78, 5) is 31.9. The topological polar surface area (TPSA) is 79.6 Å². The number of nitro groups is 1. The number of benzene rings is 2. The summed E-state index contributed by atoms with van der Waals surface area (Å²) in [5, 5.41) is 11.8. The molecule has 2 heterocycles. The first-order valence-electron chi connectivity index (χ1n) is 9.23. The molecule has 1 saturated heterocycles. The van der Waals surface area contributed by atoms with Gasteiger partial charge in [-0.1, -0.05) is 30.4 Å². The zero-order valence-corrected chi connectivity index (χ0v) is 16.3. The minimum atomic E-state index is -0.393. The van der Waals surface area contributed by atoms with Crippen LogP contribution in [-0.2, 0) is 6.42 Å². The van der Waals surface area contributed by atoms with E-state index in [1.54, 1.807) is 12.1 Å². The van der Waals surface area contributed by atoms with Gasteiger partial charge in [0, 0.05) is 43.9 Å². The first kappa shape index (κ1) is 18.4. The monoisotopic (exact) mass is 396 g/mol. The van der Waals surface area contributed by atoms with E-state index in [-0.39, 0.29) is 11.6 Å². The van der Waals surface area contributed by atoms with Gasteiger partial charge in [0.15, 0.2) is 5.13 Å². The van der Waals surface area contributed by atoms with E-state index in [1.807, 2.05) is 29.2 Å². The van der Waals surface area contributed by atoms with Gasteiger partial charge in [-0.3, -0.25) is 14.9 Å². The van der Waals surface area contributed by atoms with E-state index in [4.69, 9.17) is 0 Å². The number of anilines is 1. The van der Waals surface area contributed by atoms with Gasteiger partial charge in [-0.2, -0.15) is 0 Å². The van der Waals surface area contributed by atoms with E-state index in [0.29, 0.717) is 26.2 Å². The van der Waals surface area contributed by atoms with Gasteiger partial charge in [-0.25, -0.2) is 4.98 Å². The van der Waals surface area contributed by atoms with E-state index in [1.165, 1.54) is 23.0 Å². The highest BCUT2D eigenvalue weighted by Gasteiger charge is 2.24. The molecule has 0 unspecified atom stereocenters. The molecule has 1 fully saturated rings. The maximum atomic E-state index is 12.7. The summed E-state index contributed by atoms with van der Waals surface area (Å²) in [5.41, 5.74) is 2.78. The van der Waals surface area contributed by atoms with Crippen molar-refractivity contribution < 1.29 is 9.72 Å². The lowest BCUT2D eigenvalue weighted by molar-refractivity contribution is -0.384. The third-order valence-corrected chi connectivity index (χ3v) is 6.10. The van der Waals surface area contributed by atoms with Crippen LogP contribution < -0.4 is 4.90 Å². The van der Waals surface area contributed by atoms with E-state index in [9.17, 15) is 14.9 Å². The van der Waals surface area contributed by atoms with E-state index in [2.05, 4.69) is 16.8 Å². The average Bonchev–Trinajstić information content (AvgIpc) is 3.17. The van der Waals surface area contributed by atoms with Crippen LogP contribution in [0.3, 0.4) is 0 Å². The summed E-state index contributed by atoms with van der Waals surface area (Å²) in [6, 6.07) is 12.5. The SMILES string of the molecule is CCc1ccc(C(=O)N2CCN(c3nc4ccc([N+](=O)[O-])cc4s3)CC2)cc1. The van der Waals surface area contributed by atoms with E-state index in [0.717, 1.165) is 27.3 Å². The van der Waals surface area contributed by atoms with Crippen molar-refractivity contribution in [3.8, 4) is 0 Å². The number of non-ortho nitro benzene ring substituents is 1. The van der Waals surface area contributed by atoms with Gasteiger partial charge >= 0.3 is 0 Å². The Bertz CT molecular complexity index is 1020. The number of rotatable bonds is 4. The maximum absolute atomic E-state index is 12.7. The Morgan fingerprint density at radius 3 is 2.50 bits per heavy atom. The molecule has 1 amide bonds. The highest BCUT2D eigenvalue weighted by atomic mass is 32.1. The quantitative estimate of drug-likeness (QED) is 0.496.